The molecule has 0 aliphatic rings. The lowest BCUT2D eigenvalue weighted by Gasteiger charge is -2.09. The van der Waals surface area contributed by atoms with Crippen LogP contribution in [0.25, 0.3) is 11.3 Å². The normalized spacial score (nSPS) is 10.3. The highest BCUT2D eigenvalue weighted by Crippen LogP contribution is 2.23. The standard InChI is InChI=1S/C13H14FN3O/c14-11-4-2-10(3-5-11)12-13(16-6-1-9-18)17-8-7-15-12/h2-5,7-8,18H,1,6,9H2,(H,16,17). The Morgan fingerprint density at radius 1 is 1.11 bits per heavy atom. The summed E-state index contributed by atoms with van der Waals surface area (Å²) in [5, 5.41) is 11.8. The number of anilines is 1. The minimum absolute atomic E-state index is 0.124. The Kier molecular flexibility index (Phi) is 4.20. The second-order valence-corrected chi connectivity index (χ2v) is 3.76. The SMILES string of the molecule is OCCCNc1nccnc1-c1ccc(F)cc1. The van der Waals surface area contributed by atoms with E-state index in [9.17, 15) is 4.39 Å². The fourth-order valence-corrected chi connectivity index (χ4v) is 1.57. The van der Waals surface area contributed by atoms with E-state index in [2.05, 4.69) is 15.3 Å². The molecule has 0 fully saturated rings. The molecule has 1 aromatic carbocycles. The summed E-state index contributed by atoms with van der Waals surface area (Å²) in [6, 6.07) is 6.11. The smallest absolute Gasteiger partial charge is 0.152 e. The molecule has 0 bridgehead atoms. The van der Waals surface area contributed by atoms with Crippen LogP contribution in [0.5, 0.6) is 0 Å². The highest BCUT2D eigenvalue weighted by atomic mass is 19.1. The third-order valence-electron chi connectivity index (χ3n) is 2.44. The number of aromatic nitrogens is 2. The lowest BCUT2D eigenvalue weighted by atomic mass is 10.1. The molecule has 0 saturated heterocycles. The summed E-state index contributed by atoms with van der Waals surface area (Å²) in [7, 11) is 0. The van der Waals surface area contributed by atoms with Crippen molar-refractivity contribution in [3.8, 4) is 11.3 Å². The van der Waals surface area contributed by atoms with E-state index in [-0.39, 0.29) is 12.4 Å². The zero-order valence-electron chi connectivity index (χ0n) is 9.81. The van der Waals surface area contributed by atoms with E-state index in [0.29, 0.717) is 24.5 Å². The first kappa shape index (κ1) is 12.4. The van der Waals surface area contributed by atoms with Gasteiger partial charge in [0.05, 0.1) is 0 Å². The van der Waals surface area contributed by atoms with E-state index in [4.69, 9.17) is 5.11 Å². The van der Waals surface area contributed by atoms with Crippen LogP contribution in [0.3, 0.4) is 0 Å². The van der Waals surface area contributed by atoms with Gasteiger partial charge in [-0.15, -0.1) is 0 Å². The Morgan fingerprint density at radius 3 is 2.56 bits per heavy atom. The van der Waals surface area contributed by atoms with Gasteiger partial charge in [-0.2, -0.15) is 0 Å². The number of halogens is 1. The molecule has 0 atom stereocenters. The van der Waals surface area contributed by atoms with Crippen molar-refractivity contribution in [2.24, 2.45) is 0 Å². The number of hydrogen-bond acceptors (Lipinski definition) is 4. The molecule has 18 heavy (non-hydrogen) atoms. The Morgan fingerprint density at radius 2 is 1.83 bits per heavy atom. The van der Waals surface area contributed by atoms with Crippen LogP contribution < -0.4 is 5.32 Å². The lowest BCUT2D eigenvalue weighted by molar-refractivity contribution is 0.292. The highest BCUT2D eigenvalue weighted by Gasteiger charge is 2.07. The van der Waals surface area contributed by atoms with E-state index in [1.54, 1.807) is 24.5 Å². The molecule has 4 nitrogen and oxygen atoms in total. The van der Waals surface area contributed by atoms with Gasteiger partial charge in [-0.25, -0.2) is 9.37 Å². The quantitative estimate of drug-likeness (QED) is 0.794. The van der Waals surface area contributed by atoms with Gasteiger partial charge in [0.1, 0.15) is 11.5 Å². The number of benzene rings is 1. The Balaban J connectivity index is 2.23. The van der Waals surface area contributed by atoms with Gasteiger partial charge in [0.15, 0.2) is 5.82 Å². The topological polar surface area (TPSA) is 58.0 Å². The Hall–Kier alpha value is -2.01. The van der Waals surface area contributed by atoms with Crippen molar-refractivity contribution >= 4 is 5.82 Å². The maximum absolute atomic E-state index is 12.9. The van der Waals surface area contributed by atoms with E-state index in [0.717, 1.165) is 5.56 Å². The van der Waals surface area contributed by atoms with Crippen LogP contribution in [-0.2, 0) is 0 Å². The van der Waals surface area contributed by atoms with Crippen molar-refractivity contribution in [1.29, 1.82) is 0 Å². The molecule has 1 heterocycles. The molecule has 0 unspecified atom stereocenters. The fourth-order valence-electron chi connectivity index (χ4n) is 1.57. The van der Waals surface area contributed by atoms with E-state index < -0.39 is 0 Å². The third kappa shape index (κ3) is 3.01. The van der Waals surface area contributed by atoms with Crippen molar-refractivity contribution in [3.05, 3.63) is 42.5 Å². The van der Waals surface area contributed by atoms with E-state index in [1.165, 1.54) is 12.1 Å². The summed E-state index contributed by atoms with van der Waals surface area (Å²) in [5.74, 6) is 0.356. The number of nitrogens with one attached hydrogen (secondary N) is 1. The summed E-state index contributed by atoms with van der Waals surface area (Å²) in [5.41, 5.74) is 1.48. The molecule has 1 aromatic heterocycles. The number of nitrogens with zero attached hydrogens (tertiary/aromatic N) is 2. The van der Waals surface area contributed by atoms with Crippen molar-refractivity contribution in [2.45, 2.75) is 6.42 Å². The molecule has 0 spiro atoms. The Bertz CT molecular complexity index is 502. The van der Waals surface area contributed by atoms with Crippen molar-refractivity contribution in [3.63, 3.8) is 0 Å². The largest absolute Gasteiger partial charge is 0.396 e. The summed E-state index contributed by atoms with van der Waals surface area (Å²) in [4.78, 5) is 8.45. The van der Waals surface area contributed by atoms with Gasteiger partial charge in [0.25, 0.3) is 0 Å². The third-order valence-corrected chi connectivity index (χ3v) is 2.44. The van der Waals surface area contributed by atoms with Crippen LogP contribution in [0.4, 0.5) is 10.2 Å². The number of aliphatic hydroxyl groups excluding tert-OH is 1. The second-order valence-electron chi connectivity index (χ2n) is 3.76. The van der Waals surface area contributed by atoms with Gasteiger partial charge in [0.2, 0.25) is 0 Å². The van der Waals surface area contributed by atoms with Crippen LogP contribution in [0.1, 0.15) is 6.42 Å². The van der Waals surface area contributed by atoms with Gasteiger partial charge < -0.3 is 10.4 Å². The van der Waals surface area contributed by atoms with E-state index >= 15 is 0 Å². The highest BCUT2D eigenvalue weighted by molar-refractivity contribution is 5.70. The average molecular weight is 247 g/mol. The monoisotopic (exact) mass is 247 g/mol. The van der Waals surface area contributed by atoms with Crippen LogP contribution in [-0.4, -0.2) is 28.2 Å². The average Bonchev–Trinajstić information content (AvgIpc) is 2.41. The molecule has 0 radical (unpaired) electrons. The van der Waals surface area contributed by atoms with Gasteiger partial charge >= 0.3 is 0 Å². The van der Waals surface area contributed by atoms with Gasteiger partial charge in [-0.3, -0.25) is 4.98 Å². The first-order valence-corrected chi connectivity index (χ1v) is 5.73. The van der Waals surface area contributed by atoms with Gasteiger partial charge in [0, 0.05) is 31.1 Å². The van der Waals surface area contributed by atoms with Crippen LogP contribution >= 0.6 is 0 Å². The molecular weight excluding hydrogens is 233 g/mol. The fraction of sp³-hybridized carbons (Fsp3) is 0.231. The van der Waals surface area contributed by atoms with Crippen molar-refractivity contribution in [2.75, 3.05) is 18.5 Å². The second kappa shape index (κ2) is 6.07. The van der Waals surface area contributed by atoms with Crippen molar-refractivity contribution in [1.82, 2.24) is 9.97 Å². The molecule has 0 amide bonds. The first-order chi connectivity index (χ1) is 8.81. The zero-order chi connectivity index (χ0) is 12.8. The van der Waals surface area contributed by atoms with Gasteiger partial charge in [-0.1, -0.05) is 0 Å². The summed E-state index contributed by atoms with van der Waals surface area (Å²) < 4.78 is 12.9. The van der Waals surface area contributed by atoms with Crippen LogP contribution in [0, 0.1) is 5.82 Å². The first-order valence-electron chi connectivity index (χ1n) is 5.73. The zero-order valence-corrected chi connectivity index (χ0v) is 9.81. The molecule has 94 valence electrons. The Labute approximate surface area is 105 Å². The minimum Gasteiger partial charge on any atom is -0.396 e. The van der Waals surface area contributed by atoms with Crippen LogP contribution in [0.15, 0.2) is 36.7 Å². The molecule has 2 aromatic rings. The van der Waals surface area contributed by atoms with Crippen molar-refractivity contribution < 1.29 is 9.50 Å². The molecule has 0 aliphatic carbocycles. The minimum atomic E-state index is -0.280. The predicted molar refractivity (Wildman–Crippen MR) is 67.6 cm³/mol. The summed E-state index contributed by atoms with van der Waals surface area (Å²) in [6.45, 7) is 0.739. The maximum atomic E-state index is 12.9. The summed E-state index contributed by atoms with van der Waals surface area (Å²) in [6.07, 6.45) is 3.82. The molecule has 5 heteroatoms. The molecule has 0 saturated carbocycles. The summed E-state index contributed by atoms with van der Waals surface area (Å²) >= 11 is 0. The molecule has 2 rings (SSSR count). The number of rotatable bonds is 5. The maximum Gasteiger partial charge on any atom is 0.152 e. The van der Waals surface area contributed by atoms with Gasteiger partial charge in [-0.05, 0) is 30.7 Å². The number of aliphatic hydroxyl groups is 1. The molecular formula is C13H14FN3O. The number of hydrogen-bond donors (Lipinski definition) is 2. The molecule has 2 N–H and O–H groups in total. The molecule has 0 aliphatic heterocycles. The lowest BCUT2D eigenvalue weighted by Crippen LogP contribution is -2.07. The van der Waals surface area contributed by atoms with Crippen LogP contribution in [0.2, 0.25) is 0 Å². The predicted octanol–water partition coefficient (Wildman–Crippen LogP) is 2.08. The van der Waals surface area contributed by atoms with E-state index in [1.807, 2.05) is 0 Å².